The van der Waals surface area contributed by atoms with E-state index < -0.39 is 0 Å². The first-order chi connectivity index (χ1) is 9.91. The van der Waals surface area contributed by atoms with Gasteiger partial charge in [0, 0.05) is 23.5 Å². The summed E-state index contributed by atoms with van der Waals surface area (Å²) >= 11 is 1.94. The first-order valence-electron chi connectivity index (χ1n) is 8.07. The maximum absolute atomic E-state index is 4.87. The van der Waals surface area contributed by atoms with Crippen molar-refractivity contribution in [2.75, 3.05) is 12.3 Å². The average molecular weight is 308 g/mol. The fourth-order valence-corrected chi connectivity index (χ4v) is 3.88. The van der Waals surface area contributed by atoms with Crippen LogP contribution in [0.1, 0.15) is 64.2 Å². The van der Waals surface area contributed by atoms with Gasteiger partial charge in [0.2, 0.25) is 0 Å². The molecule has 4 heteroatoms. The summed E-state index contributed by atoms with van der Waals surface area (Å²) in [5.74, 6) is 3.82. The van der Waals surface area contributed by atoms with Crippen molar-refractivity contribution < 1.29 is 0 Å². The summed E-state index contributed by atoms with van der Waals surface area (Å²) in [6, 6.07) is 0.408. The van der Waals surface area contributed by atoms with Gasteiger partial charge in [0.1, 0.15) is 5.82 Å². The van der Waals surface area contributed by atoms with Gasteiger partial charge in [-0.25, -0.2) is 9.97 Å². The summed E-state index contributed by atoms with van der Waals surface area (Å²) in [6.07, 6.45) is 4.30. The number of hydrogen-bond acceptors (Lipinski definition) is 4. The highest BCUT2D eigenvalue weighted by Gasteiger charge is 2.33. The van der Waals surface area contributed by atoms with E-state index in [4.69, 9.17) is 4.98 Å². The topological polar surface area (TPSA) is 37.8 Å². The third-order valence-electron chi connectivity index (χ3n) is 3.86. The normalized spacial score (nSPS) is 20.6. The second-order valence-corrected chi connectivity index (χ2v) is 8.28. The Balaban J connectivity index is 2.14. The quantitative estimate of drug-likeness (QED) is 0.862. The van der Waals surface area contributed by atoms with Gasteiger partial charge in [-0.3, -0.25) is 0 Å². The van der Waals surface area contributed by atoms with Crippen LogP contribution in [0.25, 0.3) is 0 Å². The molecule has 0 bridgehead atoms. The van der Waals surface area contributed by atoms with E-state index in [0.717, 1.165) is 30.5 Å². The summed E-state index contributed by atoms with van der Waals surface area (Å²) < 4.78 is 0. The largest absolute Gasteiger partial charge is 0.310 e. The first-order valence-corrected chi connectivity index (χ1v) is 9.22. The molecule has 21 heavy (non-hydrogen) atoms. The number of aromatic nitrogens is 2. The summed E-state index contributed by atoms with van der Waals surface area (Å²) in [4.78, 5) is 9.46. The standard InChI is InChI=1S/C17H29N3S/c1-6-18-14-7-17(4,5)8-15-13(14)9-19-16(20-15)11-21-10-12(2)3/h9,12,14,18H,6-8,10-11H2,1-5H3. The van der Waals surface area contributed by atoms with Crippen LogP contribution in [-0.4, -0.2) is 22.3 Å². The van der Waals surface area contributed by atoms with Gasteiger partial charge in [-0.15, -0.1) is 0 Å². The van der Waals surface area contributed by atoms with Crippen LogP contribution in [0.5, 0.6) is 0 Å². The Labute approximate surface area is 133 Å². The molecule has 0 aromatic carbocycles. The lowest BCUT2D eigenvalue weighted by molar-refractivity contribution is 0.255. The van der Waals surface area contributed by atoms with E-state index in [1.807, 2.05) is 11.8 Å². The molecule has 1 atom stereocenters. The SMILES string of the molecule is CCNC1CC(C)(C)Cc2nc(CSCC(C)C)ncc21. The van der Waals surface area contributed by atoms with Crippen LogP contribution in [0.3, 0.4) is 0 Å². The van der Waals surface area contributed by atoms with Gasteiger partial charge >= 0.3 is 0 Å². The molecule has 1 heterocycles. The van der Waals surface area contributed by atoms with Gasteiger partial charge in [-0.05, 0) is 36.5 Å². The van der Waals surface area contributed by atoms with Crippen molar-refractivity contribution in [2.45, 2.75) is 59.3 Å². The minimum absolute atomic E-state index is 0.316. The van der Waals surface area contributed by atoms with Crippen LogP contribution < -0.4 is 5.32 Å². The Hall–Kier alpha value is -0.610. The van der Waals surface area contributed by atoms with Crippen LogP contribution in [0, 0.1) is 11.3 Å². The van der Waals surface area contributed by atoms with Crippen LogP contribution in [-0.2, 0) is 12.2 Å². The maximum Gasteiger partial charge on any atom is 0.138 e. The van der Waals surface area contributed by atoms with Crippen molar-refractivity contribution >= 4 is 11.8 Å². The van der Waals surface area contributed by atoms with Crippen LogP contribution >= 0.6 is 11.8 Å². The fourth-order valence-electron chi connectivity index (χ4n) is 2.97. The zero-order valence-corrected chi connectivity index (χ0v) is 14.9. The Kier molecular flexibility index (Phi) is 5.67. The lowest BCUT2D eigenvalue weighted by atomic mass is 9.74. The highest BCUT2D eigenvalue weighted by Crippen LogP contribution is 2.39. The van der Waals surface area contributed by atoms with Crippen molar-refractivity contribution in [3.63, 3.8) is 0 Å². The molecule has 1 aliphatic rings. The summed E-state index contributed by atoms with van der Waals surface area (Å²) in [7, 11) is 0. The molecule has 0 spiro atoms. The zero-order chi connectivity index (χ0) is 15.5. The number of nitrogens with zero attached hydrogens (tertiary/aromatic N) is 2. The summed E-state index contributed by atoms with van der Waals surface area (Å²) in [5.41, 5.74) is 2.89. The third-order valence-corrected chi connectivity index (χ3v) is 5.23. The molecule has 0 radical (unpaired) electrons. The third kappa shape index (κ3) is 4.68. The highest BCUT2D eigenvalue weighted by molar-refractivity contribution is 7.98. The Morgan fingerprint density at radius 3 is 2.86 bits per heavy atom. The molecule has 0 amide bonds. The van der Waals surface area contributed by atoms with E-state index in [1.165, 1.54) is 23.4 Å². The molecule has 3 nitrogen and oxygen atoms in total. The van der Waals surface area contributed by atoms with E-state index in [0.29, 0.717) is 11.5 Å². The van der Waals surface area contributed by atoms with Crippen molar-refractivity contribution in [1.82, 2.24) is 15.3 Å². The predicted octanol–water partition coefficient (Wildman–Crippen LogP) is 3.99. The molecule has 0 fully saturated rings. The number of rotatable bonds is 6. The number of fused-ring (bicyclic) bond motifs is 1. The van der Waals surface area contributed by atoms with Crippen LogP contribution in [0.2, 0.25) is 0 Å². The smallest absolute Gasteiger partial charge is 0.138 e. The molecule has 2 rings (SSSR count). The average Bonchev–Trinajstić information content (AvgIpc) is 2.37. The van der Waals surface area contributed by atoms with E-state index in [9.17, 15) is 0 Å². The minimum Gasteiger partial charge on any atom is -0.310 e. The molecular formula is C17H29N3S. The fraction of sp³-hybridized carbons (Fsp3) is 0.765. The van der Waals surface area contributed by atoms with E-state index in [1.54, 1.807) is 0 Å². The lowest BCUT2D eigenvalue weighted by Crippen LogP contribution is -2.34. The molecule has 1 aliphatic carbocycles. The lowest BCUT2D eigenvalue weighted by Gasteiger charge is -2.36. The molecule has 1 N–H and O–H groups in total. The molecule has 0 aliphatic heterocycles. The van der Waals surface area contributed by atoms with Crippen LogP contribution in [0.15, 0.2) is 6.20 Å². The van der Waals surface area contributed by atoms with Gasteiger partial charge in [0.25, 0.3) is 0 Å². The number of thioether (sulfide) groups is 1. The molecule has 1 aromatic rings. The van der Waals surface area contributed by atoms with Gasteiger partial charge in [-0.1, -0.05) is 34.6 Å². The van der Waals surface area contributed by atoms with Crippen LogP contribution in [0.4, 0.5) is 0 Å². The molecule has 1 aromatic heterocycles. The number of hydrogen-bond donors (Lipinski definition) is 1. The minimum atomic E-state index is 0.316. The van der Waals surface area contributed by atoms with Gasteiger partial charge in [0.05, 0.1) is 5.75 Å². The Bertz CT molecular complexity index is 471. The second kappa shape index (κ2) is 7.10. The summed E-state index contributed by atoms with van der Waals surface area (Å²) in [5, 5.41) is 3.59. The second-order valence-electron chi connectivity index (χ2n) is 7.25. The molecule has 118 valence electrons. The number of nitrogens with one attached hydrogen (secondary N) is 1. The summed E-state index contributed by atoms with van der Waals surface area (Å²) in [6.45, 7) is 12.4. The first kappa shape index (κ1) is 16.8. The maximum atomic E-state index is 4.87. The van der Waals surface area contributed by atoms with Gasteiger partial charge in [-0.2, -0.15) is 11.8 Å². The Morgan fingerprint density at radius 1 is 1.43 bits per heavy atom. The molecule has 1 unspecified atom stereocenters. The van der Waals surface area contributed by atoms with Crippen molar-refractivity contribution in [3.8, 4) is 0 Å². The monoisotopic (exact) mass is 307 g/mol. The highest BCUT2D eigenvalue weighted by atomic mass is 32.2. The Morgan fingerprint density at radius 2 is 2.19 bits per heavy atom. The molecular weight excluding hydrogens is 278 g/mol. The van der Waals surface area contributed by atoms with Crippen molar-refractivity contribution in [1.29, 1.82) is 0 Å². The van der Waals surface area contributed by atoms with Gasteiger partial charge in [0.15, 0.2) is 0 Å². The molecule has 0 saturated carbocycles. The van der Waals surface area contributed by atoms with Crippen molar-refractivity contribution in [3.05, 3.63) is 23.3 Å². The molecule has 0 saturated heterocycles. The predicted molar refractivity (Wildman–Crippen MR) is 91.6 cm³/mol. The van der Waals surface area contributed by atoms with E-state index in [-0.39, 0.29) is 0 Å². The van der Waals surface area contributed by atoms with Gasteiger partial charge < -0.3 is 5.32 Å². The zero-order valence-electron chi connectivity index (χ0n) is 14.1. The van der Waals surface area contributed by atoms with Crippen molar-refractivity contribution in [2.24, 2.45) is 11.3 Å². The van der Waals surface area contributed by atoms with E-state index >= 15 is 0 Å². The van der Waals surface area contributed by atoms with E-state index in [2.05, 4.69) is 51.1 Å².